The molecule has 5 nitrogen and oxygen atoms in total. The number of aliphatic hydroxyl groups excluding tert-OH is 3. The predicted octanol–water partition coefficient (Wildman–Crippen LogP) is 9.31. The number of allylic oxidation sites excluding steroid dienone is 2. The largest absolute Gasteiger partial charge is 0.394 e. The van der Waals surface area contributed by atoms with E-state index in [0.29, 0.717) is 12.8 Å². The van der Waals surface area contributed by atoms with Crippen LogP contribution in [0.1, 0.15) is 187 Å². The first-order chi connectivity index (χ1) is 20.0. The quantitative estimate of drug-likeness (QED) is 0.0471. The second-order valence-electron chi connectivity index (χ2n) is 12.5. The molecule has 3 atom stereocenters. The Labute approximate surface area is 255 Å². The molecule has 244 valence electrons. The highest BCUT2D eigenvalue weighted by Gasteiger charge is 2.21. The Balaban J connectivity index is 3.63. The van der Waals surface area contributed by atoms with Gasteiger partial charge in [-0.15, -0.1) is 0 Å². The molecule has 4 N–H and O–H groups in total. The third-order valence-electron chi connectivity index (χ3n) is 8.33. The summed E-state index contributed by atoms with van der Waals surface area (Å²) in [7, 11) is 0. The first-order valence-corrected chi connectivity index (χ1v) is 18.0. The van der Waals surface area contributed by atoms with E-state index in [-0.39, 0.29) is 18.9 Å². The van der Waals surface area contributed by atoms with Gasteiger partial charge in [0.1, 0.15) is 0 Å². The molecule has 5 heteroatoms. The molecule has 0 saturated heterocycles. The van der Waals surface area contributed by atoms with Crippen molar-refractivity contribution in [3.05, 3.63) is 12.2 Å². The van der Waals surface area contributed by atoms with E-state index in [1.807, 2.05) is 0 Å². The maximum Gasteiger partial charge on any atom is 0.222 e. The third-order valence-corrected chi connectivity index (χ3v) is 8.33. The van der Waals surface area contributed by atoms with Gasteiger partial charge in [0.05, 0.1) is 31.3 Å². The summed E-state index contributed by atoms with van der Waals surface area (Å²) in [4.78, 5) is 12.3. The smallest absolute Gasteiger partial charge is 0.222 e. The van der Waals surface area contributed by atoms with E-state index in [1.165, 1.54) is 116 Å². The van der Waals surface area contributed by atoms with E-state index in [0.717, 1.165) is 38.5 Å². The summed E-state index contributed by atoms with van der Waals surface area (Å²) in [6, 6.07) is -0.659. The fraction of sp³-hybridized carbons (Fsp3) is 0.917. The van der Waals surface area contributed by atoms with Crippen molar-refractivity contribution in [1.82, 2.24) is 5.32 Å². The van der Waals surface area contributed by atoms with Gasteiger partial charge >= 0.3 is 0 Å². The molecule has 0 aromatic heterocycles. The number of nitrogens with one attached hydrogen (secondary N) is 1. The number of hydrogen-bond acceptors (Lipinski definition) is 4. The van der Waals surface area contributed by atoms with Gasteiger partial charge in [-0.2, -0.15) is 0 Å². The van der Waals surface area contributed by atoms with Gasteiger partial charge in [-0.3, -0.25) is 4.79 Å². The van der Waals surface area contributed by atoms with E-state index in [1.54, 1.807) is 0 Å². The van der Waals surface area contributed by atoms with E-state index in [4.69, 9.17) is 0 Å². The summed E-state index contributed by atoms with van der Waals surface area (Å²) >= 11 is 0. The van der Waals surface area contributed by atoms with Crippen molar-refractivity contribution >= 4 is 5.91 Å². The fourth-order valence-corrected chi connectivity index (χ4v) is 5.50. The van der Waals surface area contributed by atoms with Crippen LogP contribution in [0.5, 0.6) is 0 Å². The van der Waals surface area contributed by atoms with E-state index >= 15 is 0 Å². The molecular formula is C36H71NO4. The van der Waals surface area contributed by atoms with Crippen LogP contribution in [0.3, 0.4) is 0 Å². The monoisotopic (exact) mass is 582 g/mol. The van der Waals surface area contributed by atoms with Crippen LogP contribution in [0, 0.1) is 0 Å². The lowest BCUT2D eigenvalue weighted by Gasteiger charge is -2.23. The van der Waals surface area contributed by atoms with Gasteiger partial charge in [-0.25, -0.2) is 0 Å². The average Bonchev–Trinajstić information content (AvgIpc) is 2.96. The second-order valence-corrected chi connectivity index (χ2v) is 12.5. The lowest BCUT2D eigenvalue weighted by molar-refractivity contribution is -0.125. The van der Waals surface area contributed by atoms with Crippen molar-refractivity contribution in [2.24, 2.45) is 0 Å². The standard InChI is InChI=1S/C36H71NO4/c1-3-5-7-9-11-13-14-15-16-17-18-19-20-21-22-24-26-28-30-35(40)34(32-38)37-36(41)31-33(39)29-27-25-23-12-10-8-6-4-2/h10,12,33-35,38-40H,3-9,11,13-32H2,1-2H3,(H,37,41)/b12-10-. The number of carbonyl (C=O) groups excluding carboxylic acids is 1. The number of hydrogen-bond donors (Lipinski definition) is 4. The Hall–Kier alpha value is -0.910. The van der Waals surface area contributed by atoms with Gasteiger partial charge in [-0.1, -0.05) is 161 Å². The highest BCUT2D eigenvalue weighted by molar-refractivity contribution is 5.76. The first-order valence-electron chi connectivity index (χ1n) is 18.0. The molecular weight excluding hydrogens is 510 g/mol. The van der Waals surface area contributed by atoms with Crippen LogP contribution in [0.2, 0.25) is 0 Å². The van der Waals surface area contributed by atoms with Gasteiger partial charge in [0, 0.05) is 0 Å². The molecule has 0 aliphatic heterocycles. The number of carbonyl (C=O) groups is 1. The molecule has 0 aliphatic rings. The molecule has 3 unspecified atom stereocenters. The molecule has 0 bridgehead atoms. The molecule has 0 aliphatic carbocycles. The summed E-state index contributed by atoms with van der Waals surface area (Å²) in [5.74, 6) is -0.298. The molecule has 0 heterocycles. The van der Waals surface area contributed by atoms with Crippen molar-refractivity contribution in [3.8, 4) is 0 Å². The summed E-state index contributed by atoms with van der Waals surface area (Å²) < 4.78 is 0. The van der Waals surface area contributed by atoms with E-state index in [2.05, 4.69) is 31.3 Å². The topological polar surface area (TPSA) is 89.8 Å². The summed E-state index contributed by atoms with van der Waals surface area (Å²) in [6.07, 6.45) is 34.6. The maximum absolute atomic E-state index is 12.3. The lowest BCUT2D eigenvalue weighted by Crippen LogP contribution is -2.46. The van der Waals surface area contributed by atoms with E-state index < -0.39 is 18.2 Å². The Morgan fingerprint density at radius 2 is 1.00 bits per heavy atom. The van der Waals surface area contributed by atoms with Gasteiger partial charge in [0.2, 0.25) is 5.91 Å². The predicted molar refractivity (Wildman–Crippen MR) is 176 cm³/mol. The highest BCUT2D eigenvalue weighted by atomic mass is 16.3. The molecule has 0 aromatic rings. The maximum atomic E-state index is 12.3. The van der Waals surface area contributed by atoms with Crippen molar-refractivity contribution in [2.45, 2.75) is 205 Å². The summed E-state index contributed by atoms with van der Waals surface area (Å²) in [5, 5.41) is 33.0. The van der Waals surface area contributed by atoms with Crippen molar-refractivity contribution in [1.29, 1.82) is 0 Å². The molecule has 0 fully saturated rings. The Bertz CT molecular complexity index is 568. The lowest BCUT2D eigenvalue weighted by atomic mass is 10.0. The zero-order chi connectivity index (χ0) is 30.2. The summed E-state index contributed by atoms with van der Waals surface area (Å²) in [6.45, 7) is 4.19. The molecule has 0 saturated carbocycles. The van der Waals surface area contributed by atoms with Crippen LogP contribution >= 0.6 is 0 Å². The van der Waals surface area contributed by atoms with Crippen LogP contribution in [0.15, 0.2) is 12.2 Å². The van der Waals surface area contributed by atoms with Crippen LogP contribution in [-0.2, 0) is 4.79 Å². The van der Waals surface area contributed by atoms with Gasteiger partial charge in [0.15, 0.2) is 0 Å². The minimum atomic E-state index is -0.748. The molecule has 0 aromatic carbocycles. The van der Waals surface area contributed by atoms with Crippen molar-refractivity contribution in [3.63, 3.8) is 0 Å². The Morgan fingerprint density at radius 3 is 1.46 bits per heavy atom. The SMILES string of the molecule is CCCC/C=C\CCCCC(O)CC(=O)NC(CO)C(O)CCCCCCCCCCCCCCCCCCCC. The molecule has 0 spiro atoms. The Morgan fingerprint density at radius 1 is 0.585 bits per heavy atom. The van der Waals surface area contributed by atoms with Gasteiger partial charge < -0.3 is 20.6 Å². The molecule has 41 heavy (non-hydrogen) atoms. The highest BCUT2D eigenvalue weighted by Crippen LogP contribution is 2.15. The minimum absolute atomic E-state index is 0.0226. The minimum Gasteiger partial charge on any atom is -0.394 e. The average molecular weight is 582 g/mol. The zero-order valence-corrected chi connectivity index (χ0v) is 27.4. The Kier molecular flexibility index (Phi) is 31.3. The van der Waals surface area contributed by atoms with Crippen LogP contribution in [0.25, 0.3) is 0 Å². The number of aliphatic hydroxyl groups is 3. The van der Waals surface area contributed by atoms with Crippen molar-refractivity contribution in [2.75, 3.05) is 6.61 Å². The molecule has 0 radical (unpaired) electrons. The van der Waals surface area contributed by atoms with Crippen LogP contribution in [0.4, 0.5) is 0 Å². The zero-order valence-electron chi connectivity index (χ0n) is 27.4. The first kappa shape index (κ1) is 40.1. The normalized spacial score (nSPS) is 14.0. The van der Waals surface area contributed by atoms with Crippen LogP contribution < -0.4 is 5.32 Å². The third kappa shape index (κ3) is 29.0. The summed E-state index contributed by atoms with van der Waals surface area (Å²) in [5.41, 5.74) is 0. The number of unbranched alkanes of at least 4 members (excludes halogenated alkanes) is 21. The van der Waals surface area contributed by atoms with Gasteiger partial charge in [-0.05, 0) is 32.1 Å². The van der Waals surface area contributed by atoms with Crippen LogP contribution in [-0.4, -0.2) is 46.1 Å². The molecule has 0 rings (SSSR count). The fourth-order valence-electron chi connectivity index (χ4n) is 5.50. The van der Waals surface area contributed by atoms with Gasteiger partial charge in [0.25, 0.3) is 0 Å². The van der Waals surface area contributed by atoms with Crippen molar-refractivity contribution < 1.29 is 20.1 Å². The van der Waals surface area contributed by atoms with E-state index in [9.17, 15) is 20.1 Å². The number of rotatable bonds is 32. The molecule has 1 amide bonds. The number of amides is 1. The second kappa shape index (κ2) is 32.0.